The third kappa shape index (κ3) is 2.91. The van der Waals surface area contributed by atoms with Gasteiger partial charge in [-0.1, -0.05) is 6.42 Å². The second kappa shape index (κ2) is 7.00. The third-order valence-corrected chi connectivity index (χ3v) is 6.87. The summed E-state index contributed by atoms with van der Waals surface area (Å²) in [5, 5.41) is 4.89. The molecule has 0 unspecified atom stereocenters. The minimum atomic E-state index is 0.252. The smallest absolute Gasteiger partial charge is 0.138 e. The summed E-state index contributed by atoms with van der Waals surface area (Å²) in [5.74, 6) is 2.03. The van der Waals surface area contributed by atoms with Gasteiger partial charge in [-0.05, 0) is 62.9 Å². The maximum Gasteiger partial charge on any atom is 0.138 e. The lowest BCUT2D eigenvalue weighted by Gasteiger charge is -2.33. The Hall–Kier alpha value is -1.92. The van der Waals surface area contributed by atoms with Crippen molar-refractivity contribution >= 4 is 27.4 Å². The number of piperidine rings is 1. The average Bonchev–Trinajstić information content (AvgIpc) is 3.40. The maximum atomic E-state index is 5.77. The molecule has 1 saturated heterocycles. The number of hydrogen-bond acceptors (Lipinski definition) is 6. The molecule has 1 atom stereocenters. The number of nitrogens with one attached hydrogen (secondary N) is 1. The predicted octanol–water partition coefficient (Wildman–Crippen LogP) is 4.41. The van der Waals surface area contributed by atoms with Gasteiger partial charge in [0, 0.05) is 11.4 Å². The molecule has 5 nitrogen and oxygen atoms in total. The third-order valence-electron chi connectivity index (χ3n) is 5.67. The number of hydrogen-bond donors (Lipinski definition) is 1. The van der Waals surface area contributed by atoms with E-state index < -0.39 is 0 Å². The number of anilines is 1. The number of fused-ring (bicyclic) bond motifs is 3. The molecule has 6 heteroatoms. The monoisotopic (exact) mass is 368 g/mol. The van der Waals surface area contributed by atoms with Crippen molar-refractivity contribution in [2.24, 2.45) is 0 Å². The fourth-order valence-corrected chi connectivity index (χ4v) is 5.61. The lowest BCUT2D eigenvalue weighted by Crippen LogP contribution is -2.37. The Kier molecular flexibility index (Phi) is 4.38. The summed E-state index contributed by atoms with van der Waals surface area (Å²) in [6.07, 6.45) is 11.0. The zero-order valence-electron chi connectivity index (χ0n) is 14.9. The first kappa shape index (κ1) is 16.3. The molecule has 3 aromatic rings. The number of aryl methyl sites for hydroxylation is 2. The van der Waals surface area contributed by atoms with Crippen LogP contribution in [0.2, 0.25) is 0 Å². The molecule has 0 bridgehead atoms. The van der Waals surface area contributed by atoms with Crippen LogP contribution in [-0.4, -0.2) is 34.5 Å². The van der Waals surface area contributed by atoms with Crippen molar-refractivity contribution < 1.29 is 4.42 Å². The van der Waals surface area contributed by atoms with Crippen molar-refractivity contribution in [3.8, 4) is 0 Å². The average molecular weight is 369 g/mol. The van der Waals surface area contributed by atoms with Crippen LogP contribution < -0.4 is 5.32 Å². The van der Waals surface area contributed by atoms with Crippen molar-refractivity contribution in [3.63, 3.8) is 0 Å². The Morgan fingerprint density at radius 1 is 1.15 bits per heavy atom. The topological polar surface area (TPSA) is 54.2 Å². The minimum absolute atomic E-state index is 0.252. The van der Waals surface area contributed by atoms with E-state index in [0.29, 0.717) is 0 Å². The molecule has 136 valence electrons. The van der Waals surface area contributed by atoms with Crippen LogP contribution in [0.4, 0.5) is 5.82 Å². The minimum Gasteiger partial charge on any atom is -0.468 e. The number of furan rings is 1. The summed E-state index contributed by atoms with van der Waals surface area (Å²) < 4.78 is 5.77. The molecule has 0 amide bonds. The number of rotatable bonds is 5. The first-order valence-electron chi connectivity index (χ1n) is 9.67. The molecule has 3 aromatic heterocycles. The van der Waals surface area contributed by atoms with E-state index in [0.717, 1.165) is 42.5 Å². The van der Waals surface area contributed by atoms with Crippen molar-refractivity contribution in [3.05, 3.63) is 40.9 Å². The Labute approximate surface area is 157 Å². The zero-order valence-corrected chi connectivity index (χ0v) is 15.7. The molecule has 26 heavy (non-hydrogen) atoms. The number of likely N-dealkylation sites (tertiary alicyclic amines) is 1. The molecular formula is C20H24N4OS. The molecule has 1 N–H and O–H groups in total. The van der Waals surface area contributed by atoms with Gasteiger partial charge in [0.25, 0.3) is 0 Å². The maximum absolute atomic E-state index is 5.77. The highest BCUT2D eigenvalue weighted by Gasteiger charge is 2.26. The molecule has 0 aromatic carbocycles. The highest BCUT2D eigenvalue weighted by atomic mass is 32.1. The van der Waals surface area contributed by atoms with E-state index in [9.17, 15) is 0 Å². The molecule has 0 saturated carbocycles. The fraction of sp³-hybridized carbons (Fsp3) is 0.500. The van der Waals surface area contributed by atoms with Gasteiger partial charge in [-0.15, -0.1) is 11.3 Å². The Balaban J connectivity index is 1.42. The second-order valence-electron chi connectivity index (χ2n) is 7.27. The normalized spacial score (nSPS) is 18.9. The second-order valence-corrected chi connectivity index (χ2v) is 8.35. The number of thiophene rings is 1. The Morgan fingerprint density at radius 2 is 2.08 bits per heavy atom. The highest BCUT2D eigenvalue weighted by molar-refractivity contribution is 7.19. The van der Waals surface area contributed by atoms with Gasteiger partial charge in [0.05, 0.1) is 17.7 Å². The largest absolute Gasteiger partial charge is 0.468 e. The first-order valence-corrected chi connectivity index (χ1v) is 10.5. The quantitative estimate of drug-likeness (QED) is 0.723. The van der Waals surface area contributed by atoms with Gasteiger partial charge in [0.2, 0.25) is 0 Å². The van der Waals surface area contributed by atoms with Crippen LogP contribution in [0.1, 0.15) is 47.9 Å². The van der Waals surface area contributed by atoms with Crippen LogP contribution in [0.3, 0.4) is 0 Å². The molecule has 5 rings (SSSR count). The van der Waals surface area contributed by atoms with Gasteiger partial charge in [-0.25, -0.2) is 9.97 Å². The molecule has 2 aliphatic rings. The summed E-state index contributed by atoms with van der Waals surface area (Å²) in [6, 6.07) is 4.33. The van der Waals surface area contributed by atoms with Crippen LogP contribution >= 0.6 is 11.3 Å². The number of nitrogens with zero attached hydrogens (tertiary/aromatic N) is 3. The van der Waals surface area contributed by atoms with Crippen molar-refractivity contribution in [1.29, 1.82) is 0 Å². The van der Waals surface area contributed by atoms with Crippen LogP contribution in [-0.2, 0) is 12.8 Å². The van der Waals surface area contributed by atoms with Gasteiger partial charge in [0.15, 0.2) is 0 Å². The zero-order chi connectivity index (χ0) is 17.3. The van der Waals surface area contributed by atoms with E-state index in [4.69, 9.17) is 4.42 Å². The molecule has 1 aliphatic carbocycles. The van der Waals surface area contributed by atoms with E-state index in [2.05, 4.69) is 26.3 Å². The van der Waals surface area contributed by atoms with Gasteiger partial charge in [0.1, 0.15) is 22.7 Å². The summed E-state index contributed by atoms with van der Waals surface area (Å²) in [7, 11) is 0. The van der Waals surface area contributed by atoms with Gasteiger partial charge in [-0.2, -0.15) is 0 Å². The molecule has 4 heterocycles. The van der Waals surface area contributed by atoms with E-state index >= 15 is 0 Å². The van der Waals surface area contributed by atoms with E-state index in [-0.39, 0.29) is 6.04 Å². The molecule has 0 spiro atoms. The molecule has 0 radical (unpaired) electrons. The lowest BCUT2D eigenvalue weighted by atomic mass is 10.1. The summed E-state index contributed by atoms with van der Waals surface area (Å²) in [4.78, 5) is 14.3. The van der Waals surface area contributed by atoms with Gasteiger partial charge < -0.3 is 9.73 Å². The van der Waals surface area contributed by atoms with Crippen LogP contribution in [0.15, 0.2) is 29.1 Å². The number of aromatic nitrogens is 2. The van der Waals surface area contributed by atoms with Crippen molar-refractivity contribution in [2.75, 3.05) is 25.0 Å². The van der Waals surface area contributed by atoms with Crippen molar-refractivity contribution in [2.45, 2.75) is 44.6 Å². The Morgan fingerprint density at radius 3 is 2.92 bits per heavy atom. The fourth-order valence-electron chi connectivity index (χ4n) is 4.38. The standard InChI is InChI=1S/C20H24N4OS/c1-2-9-24(10-3-1)15(16-7-5-11-25-16)12-21-19-18-14-6-4-8-17(14)26-20(18)23-13-22-19/h5,7,11,13,15H,1-4,6,8-10,12H2,(H,21,22,23)/t15-/m1/s1. The Bertz CT molecular complexity index is 883. The molecule has 1 aliphatic heterocycles. The molecular weight excluding hydrogens is 344 g/mol. The highest BCUT2D eigenvalue weighted by Crippen LogP contribution is 2.39. The summed E-state index contributed by atoms with van der Waals surface area (Å²) in [6.45, 7) is 3.09. The van der Waals surface area contributed by atoms with E-state index in [1.165, 1.54) is 47.9 Å². The van der Waals surface area contributed by atoms with Crippen molar-refractivity contribution in [1.82, 2.24) is 14.9 Å². The lowest BCUT2D eigenvalue weighted by molar-refractivity contribution is 0.153. The van der Waals surface area contributed by atoms with Crippen LogP contribution in [0, 0.1) is 0 Å². The van der Waals surface area contributed by atoms with Gasteiger partial charge >= 0.3 is 0 Å². The van der Waals surface area contributed by atoms with E-state index in [1.54, 1.807) is 12.6 Å². The summed E-state index contributed by atoms with van der Waals surface area (Å²) >= 11 is 1.84. The summed E-state index contributed by atoms with van der Waals surface area (Å²) in [5.41, 5.74) is 1.47. The van der Waals surface area contributed by atoms with Crippen LogP contribution in [0.5, 0.6) is 0 Å². The first-order chi connectivity index (χ1) is 12.9. The van der Waals surface area contributed by atoms with Gasteiger partial charge in [-0.3, -0.25) is 4.90 Å². The van der Waals surface area contributed by atoms with Crippen LogP contribution in [0.25, 0.3) is 10.2 Å². The SMILES string of the molecule is c1coc([C@@H](CNc2ncnc3sc4c(c23)CCC4)N2CCCCC2)c1. The van der Waals surface area contributed by atoms with E-state index in [1.807, 2.05) is 17.4 Å². The molecule has 1 fully saturated rings. The predicted molar refractivity (Wildman–Crippen MR) is 105 cm³/mol.